The number of rotatable bonds is 4. The van der Waals surface area contributed by atoms with Gasteiger partial charge < -0.3 is 19.7 Å². The smallest absolute Gasteiger partial charge is 0.234 e. The van der Waals surface area contributed by atoms with Crippen LogP contribution in [0.2, 0.25) is 0 Å². The lowest BCUT2D eigenvalue weighted by Crippen LogP contribution is -2.27. The van der Waals surface area contributed by atoms with Gasteiger partial charge in [0.05, 0.1) is 5.75 Å². The molecule has 2 aromatic carbocycles. The largest absolute Gasteiger partial charge is 0.454 e. The predicted molar refractivity (Wildman–Crippen MR) is 99.1 cm³/mol. The standard InChI is InChI=1S/C19H18N2O4S/c1-12(22)20-15-5-3-14(4-6-15)19-21(18(23)10-26-19)9-13-2-7-16-17(8-13)25-11-24-16/h2-8,19H,9-11H2,1H3,(H,20,22). The Morgan fingerprint density at radius 3 is 2.73 bits per heavy atom. The molecule has 1 unspecified atom stereocenters. The number of thioether (sulfide) groups is 1. The van der Waals surface area contributed by atoms with Crippen molar-refractivity contribution < 1.29 is 19.1 Å². The average Bonchev–Trinajstić information content (AvgIpc) is 3.22. The summed E-state index contributed by atoms with van der Waals surface area (Å²) in [5.74, 6) is 1.93. The van der Waals surface area contributed by atoms with Crippen LogP contribution in [-0.2, 0) is 16.1 Å². The third-order valence-corrected chi connectivity index (χ3v) is 5.53. The molecule has 0 radical (unpaired) electrons. The van der Waals surface area contributed by atoms with E-state index in [2.05, 4.69) is 5.32 Å². The summed E-state index contributed by atoms with van der Waals surface area (Å²) in [7, 11) is 0. The summed E-state index contributed by atoms with van der Waals surface area (Å²) in [6.45, 7) is 2.23. The van der Waals surface area contributed by atoms with Crippen molar-refractivity contribution in [1.29, 1.82) is 0 Å². The number of fused-ring (bicyclic) bond motifs is 1. The van der Waals surface area contributed by atoms with Gasteiger partial charge in [-0.2, -0.15) is 0 Å². The highest BCUT2D eigenvalue weighted by Gasteiger charge is 2.33. The molecule has 0 spiro atoms. The van der Waals surface area contributed by atoms with Crippen LogP contribution in [0.25, 0.3) is 0 Å². The summed E-state index contributed by atoms with van der Waals surface area (Å²) < 4.78 is 10.8. The fourth-order valence-corrected chi connectivity index (χ4v) is 4.26. The predicted octanol–water partition coefficient (Wildman–Crippen LogP) is 3.15. The second-order valence-electron chi connectivity index (χ2n) is 6.18. The molecule has 1 N–H and O–H groups in total. The molecule has 7 heteroatoms. The van der Waals surface area contributed by atoms with Gasteiger partial charge >= 0.3 is 0 Å². The molecule has 1 saturated heterocycles. The number of amides is 2. The van der Waals surface area contributed by atoms with Gasteiger partial charge in [-0.3, -0.25) is 9.59 Å². The topological polar surface area (TPSA) is 67.9 Å². The maximum Gasteiger partial charge on any atom is 0.234 e. The molecule has 1 fully saturated rings. The van der Waals surface area contributed by atoms with E-state index in [9.17, 15) is 9.59 Å². The molecule has 0 aromatic heterocycles. The van der Waals surface area contributed by atoms with Crippen LogP contribution < -0.4 is 14.8 Å². The van der Waals surface area contributed by atoms with Crippen molar-refractivity contribution in [2.75, 3.05) is 17.9 Å². The molecule has 0 aliphatic carbocycles. The van der Waals surface area contributed by atoms with E-state index in [0.29, 0.717) is 12.3 Å². The Morgan fingerprint density at radius 1 is 1.19 bits per heavy atom. The zero-order chi connectivity index (χ0) is 18.1. The van der Waals surface area contributed by atoms with Gasteiger partial charge in [0.15, 0.2) is 11.5 Å². The number of ether oxygens (including phenoxy) is 2. The Balaban J connectivity index is 1.52. The fourth-order valence-electron chi connectivity index (χ4n) is 3.07. The van der Waals surface area contributed by atoms with Crippen LogP contribution in [0, 0.1) is 0 Å². The first-order valence-corrected chi connectivity index (χ1v) is 9.32. The van der Waals surface area contributed by atoms with Gasteiger partial charge in [-0.1, -0.05) is 18.2 Å². The Bertz CT molecular complexity index is 853. The molecule has 134 valence electrons. The monoisotopic (exact) mass is 370 g/mol. The van der Waals surface area contributed by atoms with E-state index in [-0.39, 0.29) is 24.0 Å². The molecule has 2 heterocycles. The lowest BCUT2D eigenvalue weighted by molar-refractivity contribution is -0.128. The van der Waals surface area contributed by atoms with Gasteiger partial charge in [0, 0.05) is 19.2 Å². The summed E-state index contributed by atoms with van der Waals surface area (Å²) in [6.07, 6.45) is 0. The first-order chi connectivity index (χ1) is 12.6. The number of hydrogen-bond donors (Lipinski definition) is 1. The van der Waals surface area contributed by atoms with Crippen molar-refractivity contribution in [1.82, 2.24) is 4.90 Å². The van der Waals surface area contributed by atoms with Crippen molar-refractivity contribution in [2.45, 2.75) is 18.8 Å². The van der Waals surface area contributed by atoms with Gasteiger partial charge in [-0.05, 0) is 35.4 Å². The fraction of sp³-hybridized carbons (Fsp3) is 0.263. The number of carbonyl (C=O) groups excluding carboxylic acids is 2. The second-order valence-corrected chi connectivity index (χ2v) is 7.24. The molecule has 2 aliphatic heterocycles. The number of nitrogens with one attached hydrogen (secondary N) is 1. The van der Waals surface area contributed by atoms with Crippen LogP contribution in [0.4, 0.5) is 5.69 Å². The summed E-state index contributed by atoms with van der Waals surface area (Å²) in [4.78, 5) is 25.4. The molecule has 2 amide bonds. The minimum Gasteiger partial charge on any atom is -0.454 e. The van der Waals surface area contributed by atoms with Crippen LogP contribution >= 0.6 is 11.8 Å². The molecular formula is C19H18N2O4S. The molecule has 6 nitrogen and oxygen atoms in total. The Hall–Kier alpha value is -2.67. The number of benzene rings is 2. The highest BCUT2D eigenvalue weighted by Crippen LogP contribution is 2.41. The average molecular weight is 370 g/mol. The van der Waals surface area contributed by atoms with Crippen LogP contribution in [0.3, 0.4) is 0 Å². The van der Waals surface area contributed by atoms with Crippen LogP contribution in [0.1, 0.15) is 23.4 Å². The van der Waals surface area contributed by atoms with E-state index < -0.39 is 0 Å². The van der Waals surface area contributed by atoms with Crippen molar-refractivity contribution in [3.05, 3.63) is 53.6 Å². The number of hydrogen-bond acceptors (Lipinski definition) is 5. The first-order valence-electron chi connectivity index (χ1n) is 8.27. The first kappa shape index (κ1) is 16.8. The summed E-state index contributed by atoms with van der Waals surface area (Å²) in [5, 5.41) is 2.71. The van der Waals surface area contributed by atoms with Crippen LogP contribution in [0.15, 0.2) is 42.5 Å². The zero-order valence-corrected chi connectivity index (χ0v) is 15.0. The van der Waals surface area contributed by atoms with E-state index in [1.807, 2.05) is 47.4 Å². The second kappa shape index (κ2) is 6.92. The summed E-state index contributed by atoms with van der Waals surface area (Å²) in [6, 6.07) is 13.4. The Morgan fingerprint density at radius 2 is 1.96 bits per heavy atom. The van der Waals surface area contributed by atoms with Crippen molar-refractivity contribution in [2.24, 2.45) is 0 Å². The number of nitrogens with zero attached hydrogens (tertiary/aromatic N) is 1. The van der Waals surface area contributed by atoms with Crippen molar-refractivity contribution in [3.8, 4) is 11.5 Å². The maximum atomic E-state index is 12.4. The van der Waals surface area contributed by atoms with E-state index in [4.69, 9.17) is 9.47 Å². The molecule has 4 rings (SSSR count). The van der Waals surface area contributed by atoms with Gasteiger partial charge in [0.1, 0.15) is 5.37 Å². The molecule has 1 atom stereocenters. The normalized spacial score (nSPS) is 18.3. The SMILES string of the molecule is CC(=O)Nc1ccc(C2SCC(=O)N2Cc2ccc3c(c2)OCO3)cc1. The minimum atomic E-state index is -0.104. The third kappa shape index (κ3) is 3.35. The lowest BCUT2D eigenvalue weighted by atomic mass is 10.1. The van der Waals surface area contributed by atoms with E-state index in [1.165, 1.54) is 6.92 Å². The van der Waals surface area contributed by atoms with Gasteiger partial charge in [0.25, 0.3) is 0 Å². The molecule has 0 bridgehead atoms. The lowest BCUT2D eigenvalue weighted by Gasteiger charge is -2.24. The molecule has 2 aromatic rings. The van der Waals surface area contributed by atoms with Crippen molar-refractivity contribution >= 4 is 29.3 Å². The summed E-state index contributed by atoms with van der Waals surface area (Å²) in [5.41, 5.74) is 2.79. The van der Waals surface area contributed by atoms with E-state index in [1.54, 1.807) is 11.8 Å². The van der Waals surface area contributed by atoms with Gasteiger partial charge in [-0.25, -0.2) is 0 Å². The highest BCUT2D eigenvalue weighted by atomic mass is 32.2. The molecular weight excluding hydrogens is 352 g/mol. The Kier molecular flexibility index (Phi) is 4.46. The molecule has 26 heavy (non-hydrogen) atoms. The number of anilines is 1. The molecule has 2 aliphatic rings. The highest BCUT2D eigenvalue weighted by molar-refractivity contribution is 8.00. The number of carbonyl (C=O) groups is 2. The van der Waals surface area contributed by atoms with Crippen LogP contribution in [0.5, 0.6) is 11.5 Å². The van der Waals surface area contributed by atoms with E-state index in [0.717, 1.165) is 28.3 Å². The third-order valence-electron chi connectivity index (χ3n) is 4.27. The minimum absolute atomic E-state index is 0.0423. The van der Waals surface area contributed by atoms with Gasteiger partial charge in [0.2, 0.25) is 18.6 Å². The maximum absolute atomic E-state index is 12.4. The van der Waals surface area contributed by atoms with Gasteiger partial charge in [-0.15, -0.1) is 11.8 Å². The van der Waals surface area contributed by atoms with Crippen LogP contribution in [-0.4, -0.2) is 29.3 Å². The van der Waals surface area contributed by atoms with Crippen molar-refractivity contribution in [3.63, 3.8) is 0 Å². The quantitative estimate of drug-likeness (QED) is 0.895. The Labute approximate surface area is 155 Å². The zero-order valence-electron chi connectivity index (χ0n) is 14.2. The summed E-state index contributed by atoms with van der Waals surface area (Å²) >= 11 is 1.61. The molecule has 0 saturated carbocycles. The van der Waals surface area contributed by atoms with E-state index >= 15 is 0 Å².